The van der Waals surface area contributed by atoms with Crippen molar-refractivity contribution >= 4 is 17.9 Å². The molecule has 0 aliphatic carbocycles. The third-order valence-electron chi connectivity index (χ3n) is 11.6. The second-order valence-electron chi connectivity index (χ2n) is 17.9. The van der Waals surface area contributed by atoms with Crippen molar-refractivity contribution in [3.63, 3.8) is 0 Å². The van der Waals surface area contributed by atoms with Crippen LogP contribution in [0.2, 0.25) is 0 Å². The van der Waals surface area contributed by atoms with Gasteiger partial charge in [0.1, 0.15) is 13.2 Å². The number of esters is 3. The highest BCUT2D eigenvalue weighted by molar-refractivity contribution is 5.71. The normalized spacial score (nSPS) is 12.5. The summed E-state index contributed by atoms with van der Waals surface area (Å²) in [6.07, 6.45) is 63.4. The zero-order chi connectivity index (χ0) is 45.8. The Hall–Kier alpha value is -2.89. The molecule has 6 heteroatoms. The molecule has 0 radical (unpaired) electrons. The minimum atomic E-state index is -0.786. The molecule has 0 aromatic carbocycles. The number of hydrogen-bond acceptors (Lipinski definition) is 6. The fourth-order valence-electron chi connectivity index (χ4n) is 7.49. The van der Waals surface area contributed by atoms with E-state index in [1.54, 1.807) is 0 Å². The minimum absolute atomic E-state index is 0.0840. The third-order valence-corrected chi connectivity index (χ3v) is 11.6. The van der Waals surface area contributed by atoms with Crippen molar-refractivity contribution in [2.75, 3.05) is 13.2 Å². The van der Waals surface area contributed by atoms with E-state index in [0.717, 1.165) is 89.9 Å². The lowest BCUT2D eigenvalue weighted by molar-refractivity contribution is -0.167. The van der Waals surface area contributed by atoms with Crippen LogP contribution in [0.5, 0.6) is 0 Å². The van der Waals surface area contributed by atoms with Crippen LogP contribution < -0.4 is 0 Å². The Balaban J connectivity index is 4.42. The summed E-state index contributed by atoms with van der Waals surface area (Å²) in [7, 11) is 0. The van der Waals surface area contributed by atoms with E-state index in [9.17, 15) is 14.4 Å². The molecule has 0 aliphatic rings. The lowest BCUT2D eigenvalue weighted by atomic mass is 10.0. The summed E-state index contributed by atoms with van der Waals surface area (Å²) in [6.45, 7) is 6.57. The van der Waals surface area contributed by atoms with Crippen LogP contribution in [0.25, 0.3) is 0 Å². The van der Waals surface area contributed by atoms with Gasteiger partial charge >= 0.3 is 17.9 Å². The molecule has 0 rings (SSSR count). The highest BCUT2D eigenvalue weighted by atomic mass is 16.6. The summed E-state index contributed by atoms with van der Waals surface area (Å²) in [5.41, 5.74) is 0. The van der Waals surface area contributed by atoms with E-state index in [0.29, 0.717) is 19.3 Å². The van der Waals surface area contributed by atoms with Gasteiger partial charge in [-0.25, -0.2) is 0 Å². The summed E-state index contributed by atoms with van der Waals surface area (Å²) in [6, 6.07) is 0. The molecule has 364 valence electrons. The Kier molecular flexibility index (Phi) is 49.4. The highest BCUT2D eigenvalue weighted by Crippen LogP contribution is 2.15. The van der Waals surface area contributed by atoms with Gasteiger partial charge in [0.15, 0.2) is 6.10 Å². The molecule has 0 bridgehead atoms. The van der Waals surface area contributed by atoms with Gasteiger partial charge in [-0.05, 0) is 70.6 Å². The second-order valence-corrected chi connectivity index (χ2v) is 17.9. The number of rotatable bonds is 48. The molecule has 0 aromatic heterocycles. The SMILES string of the molecule is CCCCC/C=C\C=C/CCCCCCCCC(=O)OC(COC(=O)CCCCCCC\C=C/C=C\C=C/CCCCCCC)COC(=O)CCCCCCCCCCCCCC. The van der Waals surface area contributed by atoms with Crippen LogP contribution in [-0.4, -0.2) is 37.2 Å². The Morgan fingerprint density at radius 1 is 0.317 bits per heavy atom. The largest absolute Gasteiger partial charge is 0.462 e. The Labute approximate surface area is 390 Å². The van der Waals surface area contributed by atoms with E-state index in [1.807, 2.05) is 0 Å². The maximum Gasteiger partial charge on any atom is 0.306 e. The zero-order valence-corrected chi connectivity index (χ0v) is 41.6. The minimum Gasteiger partial charge on any atom is -0.462 e. The zero-order valence-electron chi connectivity index (χ0n) is 41.6. The molecule has 0 N–H and O–H groups in total. The highest BCUT2D eigenvalue weighted by Gasteiger charge is 2.19. The summed E-state index contributed by atoms with van der Waals surface area (Å²) in [4.78, 5) is 38.0. The molecular formula is C57H100O6. The fraction of sp³-hybridized carbons (Fsp3) is 0.772. The van der Waals surface area contributed by atoms with Crippen LogP contribution in [0.3, 0.4) is 0 Å². The lowest BCUT2D eigenvalue weighted by Crippen LogP contribution is -2.30. The van der Waals surface area contributed by atoms with Gasteiger partial charge < -0.3 is 14.2 Å². The van der Waals surface area contributed by atoms with Crippen molar-refractivity contribution in [2.45, 2.75) is 271 Å². The predicted octanol–water partition coefficient (Wildman–Crippen LogP) is 17.6. The molecule has 0 heterocycles. The molecular weight excluding hydrogens is 781 g/mol. The van der Waals surface area contributed by atoms with Crippen molar-refractivity contribution < 1.29 is 28.6 Å². The quantitative estimate of drug-likeness (QED) is 0.0262. The van der Waals surface area contributed by atoms with Crippen LogP contribution in [0.15, 0.2) is 60.8 Å². The Morgan fingerprint density at radius 3 is 0.921 bits per heavy atom. The van der Waals surface area contributed by atoms with E-state index in [2.05, 4.69) is 81.5 Å². The monoisotopic (exact) mass is 881 g/mol. The summed E-state index contributed by atoms with van der Waals surface area (Å²) < 4.78 is 16.8. The van der Waals surface area contributed by atoms with Gasteiger partial charge in [-0.15, -0.1) is 0 Å². The number of hydrogen-bond donors (Lipinski definition) is 0. The summed E-state index contributed by atoms with van der Waals surface area (Å²) in [5.74, 6) is -0.910. The van der Waals surface area contributed by atoms with Gasteiger partial charge in [-0.3, -0.25) is 14.4 Å². The Morgan fingerprint density at radius 2 is 0.571 bits per heavy atom. The lowest BCUT2D eigenvalue weighted by Gasteiger charge is -2.18. The molecule has 63 heavy (non-hydrogen) atoms. The van der Waals surface area contributed by atoms with Crippen molar-refractivity contribution in [3.05, 3.63) is 60.8 Å². The van der Waals surface area contributed by atoms with Crippen LogP contribution >= 0.6 is 0 Å². The Bertz CT molecular complexity index is 1150. The summed E-state index contributed by atoms with van der Waals surface area (Å²) in [5, 5.41) is 0. The second kappa shape index (κ2) is 51.7. The maximum absolute atomic E-state index is 12.8. The first kappa shape index (κ1) is 60.1. The number of allylic oxidation sites excluding steroid dienone is 10. The fourth-order valence-corrected chi connectivity index (χ4v) is 7.49. The molecule has 6 nitrogen and oxygen atoms in total. The maximum atomic E-state index is 12.8. The predicted molar refractivity (Wildman–Crippen MR) is 270 cm³/mol. The number of carbonyl (C=O) groups excluding carboxylic acids is 3. The van der Waals surface area contributed by atoms with Crippen LogP contribution in [0.4, 0.5) is 0 Å². The number of ether oxygens (including phenoxy) is 3. The van der Waals surface area contributed by atoms with E-state index in [1.165, 1.54) is 135 Å². The van der Waals surface area contributed by atoms with Gasteiger partial charge in [0.2, 0.25) is 0 Å². The van der Waals surface area contributed by atoms with Crippen LogP contribution in [0, 0.1) is 0 Å². The van der Waals surface area contributed by atoms with Crippen molar-refractivity contribution in [1.82, 2.24) is 0 Å². The number of carbonyl (C=O) groups is 3. The first-order chi connectivity index (χ1) is 31.0. The van der Waals surface area contributed by atoms with Gasteiger partial charge in [-0.2, -0.15) is 0 Å². The van der Waals surface area contributed by atoms with E-state index < -0.39 is 6.10 Å². The van der Waals surface area contributed by atoms with Gasteiger partial charge in [0.25, 0.3) is 0 Å². The average Bonchev–Trinajstić information content (AvgIpc) is 3.28. The standard InChI is InChI=1S/C57H100O6/c1-4-7-10-13-16-19-22-25-27-28-29-31-32-35-38-41-44-47-50-56(59)62-53-54(52-61-55(58)49-46-43-40-37-34-24-21-18-15-12-9-6-3)63-57(60)51-48-45-42-39-36-33-30-26-23-20-17-14-11-8-5-2/h17,20,22-23,25-29,31,54H,4-16,18-19,21,24,30,32-53H2,1-3H3/b20-17-,25-22-,26-23-,28-27-,31-29-. The molecule has 1 unspecified atom stereocenters. The van der Waals surface area contributed by atoms with Gasteiger partial charge in [0, 0.05) is 19.3 Å². The molecule has 0 aromatic rings. The summed E-state index contributed by atoms with van der Waals surface area (Å²) >= 11 is 0. The van der Waals surface area contributed by atoms with Crippen molar-refractivity contribution in [2.24, 2.45) is 0 Å². The molecule has 0 fully saturated rings. The average molecular weight is 881 g/mol. The van der Waals surface area contributed by atoms with Gasteiger partial charge in [-0.1, -0.05) is 236 Å². The molecule has 0 saturated carbocycles. The number of unbranched alkanes of at least 4 members (excludes halogenated alkanes) is 30. The van der Waals surface area contributed by atoms with E-state index >= 15 is 0 Å². The van der Waals surface area contributed by atoms with Crippen molar-refractivity contribution in [1.29, 1.82) is 0 Å². The molecule has 0 aliphatic heterocycles. The smallest absolute Gasteiger partial charge is 0.306 e. The third kappa shape index (κ3) is 50.0. The van der Waals surface area contributed by atoms with Crippen LogP contribution in [0.1, 0.15) is 265 Å². The van der Waals surface area contributed by atoms with Crippen molar-refractivity contribution in [3.8, 4) is 0 Å². The molecule has 0 spiro atoms. The first-order valence-electron chi connectivity index (χ1n) is 26.8. The first-order valence-corrected chi connectivity index (χ1v) is 26.8. The van der Waals surface area contributed by atoms with Crippen LogP contribution in [-0.2, 0) is 28.6 Å². The topological polar surface area (TPSA) is 78.9 Å². The molecule has 0 saturated heterocycles. The van der Waals surface area contributed by atoms with Gasteiger partial charge in [0.05, 0.1) is 0 Å². The molecule has 0 amide bonds. The van der Waals surface area contributed by atoms with E-state index in [-0.39, 0.29) is 31.1 Å². The van der Waals surface area contributed by atoms with E-state index in [4.69, 9.17) is 14.2 Å². The molecule has 1 atom stereocenters.